The smallest absolute Gasteiger partial charge is 0.243 e. The predicted octanol–water partition coefficient (Wildman–Crippen LogP) is 5.73. The Morgan fingerprint density at radius 3 is 2.21 bits per heavy atom. The molecule has 2 heterocycles. The summed E-state index contributed by atoms with van der Waals surface area (Å²) in [6.45, 7) is 2.06. The second kappa shape index (κ2) is 7.78. The number of carbonyl (C=O) groups excluding carboxylic acids is 2. The first-order chi connectivity index (χ1) is 16.1. The Kier molecular flexibility index (Phi) is 4.73. The molecular weight excluding hydrogens is 428 g/mol. The monoisotopic (exact) mass is 450 g/mol. The molecule has 0 spiro atoms. The zero-order valence-corrected chi connectivity index (χ0v) is 19.0. The summed E-state index contributed by atoms with van der Waals surface area (Å²) in [7, 11) is 0. The Hall–Kier alpha value is -3.57. The van der Waals surface area contributed by atoms with Crippen LogP contribution in [0, 0.1) is 12.8 Å². The predicted molar refractivity (Wildman–Crippen MR) is 130 cm³/mol. The standard InChI is InChI=1S/C28H22N2O2S/c1-17-12-14-18(15-13-17)21-16-22-25(33-26(29-22)19-8-4-2-5-9-19)24-23(21)27(31)30(28(24)32)20-10-6-3-7-11-20/h2-15,21,23-24H,16H2,1H3/t21-,23+,24+/m0/s1. The summed E-state index contributed by atoms with van der Waals surface area (Å²) >= 11 is 1.56. The van der Waals surface area contributed by atoms with Gasteiger partial charge in [-0.3, -0.25) is 9.59 Å². The van der Waals surface area contributed by atoms with Crippen molar-refractivity contribution in [1.29, 1.82) is 0 Å². The number of carbonyl (C=O) groups is 2. The van der Waals surface area contributed by atoms with Gasteiger partial charge in [0.15, 0.2) is 0 Å². The minimum absolute atomic E-state index is 0.0843. The normalized spacial score (nSPS) is 21.7. The largest absolute Gasteiger partial charge is 0.274 e. The summed E-state index contributed by atoms with van der Waals surface area (Å²) in [4.78, 5) is 34.9. The minimum Gasteiger partial charge on any atom is -0.274 e. The Balaban J connectivity index is 1.50. The van der Waals surface area contributed by atoms with E-state index in [1.807, 2.05) is 60.7 Å². The van der Waals surface area contributed by atoms with Crippen LogP contribution in [0.3, 0.4) is 0 Å². The molecule has 33 heavy (non-hydrogen) atoms. The second-order valence-corrected chi connectivity index (χ2v) is 9.80. The SMILES string of the molecule is Cc1ccc([C@@H]2Cc3nc(-c4ccccc4)sc3[C@@H]3C(=O)N(c4ccccc4)C(=O)[C@H]23)cc1. The average molecular weight is 451 g/mol. The molecule has 1 aliphatic carbocycles. The highest BCUT2D eigenvalue weighted by Crippen LogP contribution is 2.53. The maximum Gasteiger partial charge on any atom is 0.243 e. The summed E-state index contributed by atoms with van der Waals surface area (Å²) in [6.07, 6.45) is 0.657. The van der Waals surface area contributed by atoms with Gasteiger partial charge in [-0.25, -0.2) is 9.88 Å². The number of hydrogen-bond donors (Lipinski definition) is 0. The minimum atomic E-state index is -0.497. The maximum absolute atomic E-state index is 13.8. The molecule has 0 saturated carbocycles. The molecule has 1 aliphatic heterocycles. The lowest BCUT2D eigenvalue weighted by Gasteiger charge is -2.30. The molecule has 1 saturated heterocycles. The molecule has 5 heteroatoms. The van der Waals surface area contributed by atoms with Crippen LogP contribution < -0.4 is 4.90 Å². The summed E-state index contributed by atoms with van der Waals surface area (Å²) in [5.74, 6) is -1.25. The first-order valence-electron chi connectivity index (χ1n) is 11.2. The number of aromatic nitrogens is 1. The molecule has 6 rings (SSSR count). The third kappa shape index (κ3) is 3.23. The van der Waals surface area contributed by atoms with Crippen LogP contribution in [0.1, 0.15) is 33.5 Å². The first kappa shape index (κ1) is 20.1. The average Bonchev–Trinajstić information content (AvgIpc) is 3.39. The van der Waals surface area contributed by atoms with E-state index in [2.05, 4.69) is 31.2 Å². The molecule has 2 amide bonds. The first-order valence-corrected chi connectivity index (χ1v) is 12.0. The van der Waals surface area contributed by atoms with Gasteiger partial charge < -0.3 is 0 Å². The number of fused-ring (bicyclic) bond motifs is 3. The van der Waals surface area contributed by atoms with Gasteiger partial charge in [0.25, 0.3) is 0 Å². The molecule has 2 aliphatic rings. The number of para-hydroxylation sites is 1. The van der Waals surface area contributed by atoms with Crippen LogP contribution in [0.15, 0.2) is 84.9 Å². The number of thiazole rings is 1. The Morgan fingerprint density at radius 2 is 1.52 bits per heavy atom. The summed E-state index contributed by atoms with van der Waals surface area (Å²) < 4.78 is 0. The zero-order valence-electron chi connectivity index (χ0n) is 18.1. The number of aryl methyl sites for hydroxylation is 1. The van der Waals surface area contributed by atoms with Crippen molar-refractivity contribution in [2.45, 2.75) is 25.2 Å². The molecule has 4 nitrogen and oxygen atoms in total. The van der Waals surface area contributed by atoms with Crippen molar-refractivity contribution in [3.05, 3.63) is 107 Å². The number of imide groups is 1. The number of hydrogen-bond acceptors (Lipinski definition) is 4. The lowest BCUT2D eigenvalue weighted by atomic mass is 9.72. The van der Waals surface area contributed by atoms with Gasteiger partial charge in [-0.15, -0.1) is 11.3 Å². The van der Waals surface area contributed by atoms with Gasteiger partial charge in [-0.2, -0.15) is 0 Å². The van der Waals surface area contributed by atoms with Crippen LogP contribution in [0.4, 0.5) is 5.69 Å². The van der Waals surface area contributed by atoms with Crippen LogP contribution in [-0.2, 0) is 16.0 Å². The number of rotatable bonds is 3. The highest BCUT2D eigenvalue weighted by atomic mass is 32.1. The molecule has 1 aromatic heterocycles. The van der Waals surface area contributed by atoms with E-state index in [9.17, 15) is 9.59 Å². The van der Waals surface area contributed by atoms with Crippen LogP contribution in [0.2, 0.25) is 0 Å². The lowest BCUT2D eigenvalue weighted by Crippen LogP contribution is -2.32. The van der Waals surface area contributed by atoms with Crippen molar-refractivity contribution in [2.24, 2.45) is 5.92 Å². The van der Waals surface area contributed by atoms with Gasteiger partial charge in [0, 0.05) is 16.4 Å². The molecule has 1 fully saturated rings. The summed E-state index contributed by atoms with van der Waals surface area (Å²) in [5, 5.41) is 0.905. The molecule has 4 aromatic rings. The number of benzene rings is 3. The third-order valence-electron chi connectivity index (χ3n) is 6.75. The third-order valence-corrected chi connectivity index (χ3v) is 7.98. The van der Waals surface area contributed by atoms with Crippen LogP contribution in [-0.4, -0.2) is 16.8 Å². The van der Waals surface area contributed by atoms with Crippen molar-refractivity contribution < 1.29 is 9.59 Å². The van der Waals surface area contributed by atoms with Gasteiger partial charge in [-0.05, 0) is 31.0 Å². The van der Waals surface area contributed by atoms with Crippen LogP contribution >= 0.6 is 11.3 Å². The fourth-order valence-corrected chi connectivity index (χ4v) is 6.37. The van der Waals surface area contributed by atoms with Crippen molar-refractivity contribution in [2.75, 3.05) is 4.90 Å². The van der Waals surface area contributed by atoms with E-state index in [0.29, 0.717) is 12.1 Å². The van der Waals surface area contributed by atoms with E-state index >= 15 is 0 Å². The molecule has 0 bridgehead atoms. The van der Waals surface area contributed by atoms with E-state index in [1.165, 1.54) is 10.5 Å². The topological polar surface area (TPSA) is 50.3 Å². The van der Waals surface area contributed by atoms with Crippen molar-refractivity contribution >= 4 is 28.8 Å². The Bertz CT molecular complexity index is 1350. The zero-order chi connectivity index (χ0) is 22.5. The quantitative estimate of drug-likeness (QED) is 0.375. The van der Waals surface area contributed by atoms with E-state index in [0.717, 1.165) is 26.7 Å². The molecular formula is C28H22N2O2S. The van der Waals surface area contributed by atoms with E-state index < -0.39 is 11.8 Å². The second-order valence-electron chi connectivity index (χ2n) is 8.77. The van der Waals surface area contributed by atoms with Gasteiger partial charge in [-0.1, -0.05) is 78.4 Å². The maximum atomic E-state index is 13.8. The fourth-order valence-electron chi connectivity index (χ4n) is 5.14. The highest BCUT2D eigenvalue weighted by Gasteiger charge is 2.56. The van der Waals surface area contributed by atoms with E-state index in [-0.39, 0.29) is 17.7 Å². The summed E-state index contributed by atoms with van der Waals surface area (Å²) in [6, 6.07) is 27.7. The highest BCUT2D eigenvalue weighted by molar-refractivity contribution is 7.15. The van der Waals surface area contributed by atoms with E-state index in [4.69, 9.17) is 4.98 Å². The van der Waals surface area contributed by atoms with Gasteiger partial charge in [0.1, 0.15) is 5.01 Å². The number of nitrogens with zero attached hydrogens (tertiary/aromatic N) is 2. The van der Waals surface area contributed by atoms with Crippen molar-refractivity contribution in [3.8, 4) is 10.6 Å². The molecule has 0 N–H and O–H groups in total. The van der Waals surface area contributed by atoms with Crippen LogP contribution in [0.25, 0.3) is 10.6 Å². The van der Waals surface area contributed by atoms with Crippen molar-refractivity contribution in [3.63, 3.8) is 0 Å². The molecule has 3 atom stereocenters. The van der Waals surface area contributed by atoms with Gasteiger partial charge in [0.05, 0.1) is 23.2 Å². The molecule has 162 valence electrons. The molecule has 3 aromatic carbocycles. The van der Waals surface area contributed by atoms with E-state index in [1.54, 1.807) is 11.3 Å². The van der Waals surface area contributed by atoms with Crippen LogP contribution in [0.5, 0.6) is 0 Å². The Morgan fingerprint density at radius 1 is 0.848 bits per heavy atom. The molecule has 0 unspecified atom stereocenters. The lowest BCUT2D eigenvalue weighted by molar-refractivity contribution is -0.122. The van der Waals surface area contributed by atoms with Gasteiger partial charge in [0.2, 0.25) is 11.8 Å². The summed E-state index contributed by atoms with van der Waals surface area (Å²) in [5.41, 5.74) is 4.88. The Labute approximate surface area is 196 Å². The fraction of sp³-hybridized carbons (Fsp3) is 0.179. The van der Waals surface area contributed by atoms with Crippen molar-refractivity contribution in [1.82, 2.24) is 4.98 Å². The molecule has 0 radical (unpaired) electrons. The van der Waals surface area contributed by atoms with Gasteiger partial charge >= 0.3 is 0 Å². The number of amides is 2. The number of anilines is 1.